The normalized spacial score (nSPS) is 25.5. The maximum absolute atomic E-state index is 12.6. The van der Waals surface area contributed by atoms with E-state index in [1.54, 1.807) is 0 Å². The molecule has 2 aliphatic rings. The van der Waals surface area contributed by atoms with Gasteiger partial charge in [0.25, 0.3) is 0 Å². The standard InChI is InChI=1S/C18H34N2O/c1-14(15-7-11-19-12-8-15)13-17(21)20(4)16-5-9-18(2,3)10-6-16/h14-16,19H,5-13H2,1-4H3. The van der Waals surface area contributed by atoms with Gasteiger partial charge in [0.2, 0.25) is 5.91 Å². The number of amides is 1. The molecule has 1 aliphatic carbocycles. The third kappa shape index (κ3) is 4.70. The molecule has 0 aromatic heterocycles. The van der Waals surface area contributed by atoms with Crippen LogP contribution in [-0.4, -0.2) is 37.0 Å². The van der Waals surface area contributed by atoms with Gasteiger partial charge in [-0.1, -0.05) is 20.8 Å². The van der Waals surface area contributed by atoms with Gasteiger partial charge in [-0.05, 0) is 68.9 Å². The largest absolute Gasteiger partial charge is 0.343 e. The van der Waals surface area contributed by atoms with Crippen molar-refractivity contribution in [3.63, 3.8) is 0 Å². The minimum atomic E-state index is 0.366. The summed E-state index contributed by atoms with van der Waals surface area (Å²) < 4.78 is 0. The molecule has 3 heteroatoms. The number of hydrogen-bond acceptors (Lipinski definition) is 2. The van der Waals surface area contributed by atoms with Gasteiger partial charge in [0.1, 0.15) is 0 Å². The molecule has 0 bridgehead atoms. The Morgan fingerprint density at radius 2 is 1.76 bits per heavy atom. The van der Waals surface area contributed by atoms with Crippen molar-refractivity contribution in [3.8, 4) is 0 Å². The van der Waals surface area contributed by atoms with Crippen LogP contribution in [0.4, 0.5) is 0 Å². The Labute approximate surface area is 130 Å². The summed E-state index contributed by atoms with van der Waals surface area (Å²) in [6.07, 6.45) is 8.05. The van der Waals surface area contributed by atoms with Crippen molar-refractivity contribution >= 4 is 5.91 Å². The predicted octanol–water partition coefficient (Wildman–Crippen LogP) is 3.44. The summed E-state index contributed by atoms with van der Waals surface area (Å²) in [5.41, 5.74) is 0.475. The third-order valence-corrected chi connectivity index (χ3v) is 5.93. The molecule has 1 saturated carbocycles. The second-order valence-electron chi connectivity index (χ2n) is 8.17. The average Bonchev–Trinajstić information content (AvgIpc) is 2.47. The lowest BCUT2D eigenvalue weighted by Gasteiger charge is -2.39. The SMILES string of the molecule is CC(CC(=O)N(C)C1CCC(C)(C)CC1)C1CCNCC1. The highest BCUT2D eigenvalue weighted by molar-refractivity contribution is 5.76. The van der Waals surface area contributed by atoms with Gasteiger partial charge in [-0.3, -0.25) is 4.79 Å². The second kappa shape index (κ2) is 7.13. The van der Waals surface area contributed by atoms with Gasteiger partial charge in [-0.2, -0.15) is 0 Å². The zero-order valence-corrected chi connectivity index (χ0v) is 14.5. The van der Waals surface area contributed by atoms with Crippen LogP contribution in [-0.2, 0) is 4.79 Å². The summed E-state index contributed by atoms with van der Waals surface area (Å²) in [6.45, 7) is 9.22. The topological polar surface area (TPSA) is 32.3 Å². The molecule has 0 spiro atoms. The van der Waals surface area contributed by atoms with Gasteiger partial charge < -0.3 is 10.2 Å². The van der Waals surface area contributed by atoms with Crippen molar-refractivity contribution in [1.82, 2.24) is 10.2 Å². The van der Waals surface area contributed by atoms with Crippen LogP contribution in [0.15, 0.2) is 0 Å². The van der Waals surface area contributed by atoms with Crippen LogP contribution < -0.4 is 5.32 Å². The van der Waals surface area contributed by atoms with Crippen LogP contribution in [0.1, 0.15) is 65.7 Å². The van der Waals surface area contributed by atoms with Gasteiger partial charge in [-0.15, -0.1) is 0 Å². The Bertz CT molecular complexity index is 337. The highest BCUT2D eigenvalue weighted by Crippen LogP contribution is 2.37. The lowest BCUT2D eigenvalue weighted by atomic mass is 9.75. The molecule has 2 rings (SSSR count). The number of nitrogens with zero attached hydrogens (tertiary/aromatic N) is 1. The van der Waals surface area contributed by atoms with Gasteiger partial charge in [0.15, 0.2) is 0 Å². The lowest BCUT2D eigenvalue weighted by molar-refractivity contribution is -0.134. The van der Waals surface area contributed by atoms with Crippen molar-refractivity contribution in [2.45, 2.75) is 71.8 Å². The molecular formula is C18H34N2O. The van der Waals surface area contributed by atoms with Crippen LogP contribution in [0.2, 0.25) is 0 Å². The van der Waals surface area contributed by atoms with E-state index in [0.717, 1.165) is 25.4 Å². The first-order valence-electron chi connectivity index (χ1n) is 8.85. The Morgan fingerprint density at radius 3 is 2.33 bits per heavy atom. The van der Waals surface area contributed by atoms with E-state index in [0.29, 0.717) is 23.3 Å². The maximum Gasteiger partial charge on any atom is 0.222 e. The molecule has 21 heavy (non-hydrogen) atoms. The molecule has 1 saturated heterocycles. The highest BCUT2D eigenvalue weighted by atomic mass is 16.2. The predicted molar refractivity (Wildman–Crippen MR) is 88.2 cm³/mol. The number of nitrogens with one attached hydrogen (secondary N) is 1. The van der Waals surface area contributed by atoms with E-state index in [9.17, 15) is 4.79 Å². The molecular weight excluding hydrogens is 260 g/mol. The number of carbonyl (C=O) groups excluding carboxylic acids is 1. The molecule has 0 aromatic rings. The second-order valence-corrected chi connectivity index (χ2v) is 8.17. The van der Waals surface area contributed by atoms with Crippen molar-refractivity contribution < 1.29 is 4.79 Å². The first-order chi connectivity index (χ1) is 9.89. The highest BCUT2D eigenvalue weighted by Gasteiger charge is 2.31. The summed E-state index contributed by atoms with van der Waals surface area (Å²) in [6, 6.07) is 0.478. The molecule has 0 aromatic carbocycles. The molecule has 1 unspecified atom stereocenters. The average molecular weight is 294 g/mol. The summed E-state index contributed by atoms with van der Waals surface area (Å²) in [4.78, 5) is 14.6. The third-order valence-electron chi connectivity index (χ3n) is 5.93. The maximum atomic E-state index is 12.6. The van der Waals surface area contributed by atoms with Crippen LogP contribution in [0.3, 0.4) is 0 Å². The van der Waals surface area contributed by atoms with Gasteiger partial charge >= 0.3 is 0 Å². The monoisotopic (exact) mass is 294 g/mol. The summed E-state index contributed by atoms with van der Waals surface area (Å²) in [7, 11) is 2.03. The van der Waals surface area contributed by atoms with Crippen LogP contribution in [0.25, 0.3) is 0 Å². The minimum Gasteiger partial charge on any atom is -0.343 e. The fraction of sp³-hybridized carbons (Fsp3) is 0.944. The first-order valence-corrected chi connectivity index (χ1v) is 8.85. The Kier molecular flexibility index (Phi) is 5.70. The molecule has 1 heterocycles. The number of hydrogen-bond donors (Lipinski definition) is 1. The summed E-state index contributed by atoms with van der Waals surface area (Å²) in [5, 5.41) is 3.41. The van der Waals surface area contributed by atoms with E-state index in [4.69, 9.17) is 0 Å². The van der Waals surface area contributed by atoms with E-state index < -0.39 is 0 Å². The number of piperidine rings is 1. The number of rotatable bonds is 4. The Hall–Kier alpha value is -0.570. The summed E-state index contributed by atoms with van der Waals surface area (Å²) >= 11 is 0. The van der Waals surface area contributed by atoms with Crippen molar-refractivity contribution in [1.29, 1.82) is 0 Å². The van der Waals surface area contributed by atoms with E-state index in [2.05, 4.69) is 31.0 Å². The van der Waals surface area contributed by atoms with Crippen molar-refractivity contribution in [2.75, 3.05) is 20.1 Å². The molecule has 1 atom stereocenters. The number of carbonyl (C=O) groups is 1. The van der Waals surface area contributed by atoms with Crippen LogP contribution in [0.5, 0.6) is 0 Å². The van der Waals surface area contributed by atoms with Crippen LogP contribution >= 0.6 is 0 Å². The molecule has 0 radical (unpaired) electrons. The smallest absolute Gasteiger partial charge is 0.222 e. The van der Waals surface area contributed by atoms with Gasteiger partial charge in [0, 0.05) is 19.5 Å². The molecule has 1 amide bonds. The fourth-order valence-corrected chi connectivity index (χ4v) is 3.97. The fourth-order valence-electron chi connectivity index (χ4n) is 3.97. The molecule has 1 aliphatic heterocycles. The first kappa shape index (κ1) is 16.8. The Morgan fingerprint density at radius 1 is 1.19 bits per heavy atom. The van der Waals surface area contributed by atoms with E-state index in [1.165, 1.54) is 38.5 Å². The van der Waals surface area contributed by atoms with Gasteiger partial charge in [-0.25, -0.2) is 0 Å². The molecule has 3 nitrogen and oxygen atoms in total. The zero-order chi connectivity index (χ0) is 15.5. The quantitative estimate of drug-likeness (QED) is 0.861. The van der Waals surface area contributed by atoms with E-state index in [-0.39, 0.29) is 0 Å². The molecule has 1 N–H and O–H groups in total. The molecule has 2 fully saturated rings. The Balaban J connectivity index is 1.79. The van der Waals surface area contributed by atoms with E-state index in [1.807, 2.05) is 7.05 Å². The molecule has 122 valence electrons. The minimum absolute atomic E-state index is 0.366. The lowest BCUT2D eigenvalue weighted by Crippen LogP contribution is -2.42. The van der Waals surface area contributed by atoms with Crippen LogP contribution in [0, 0.1) is 17.3 Å². The van der Waals surface area contributed by atoms with Gasteiger partial charge in [0.05, 0.1) is 0 Å². The van der Waals surface area contributed by atoms with Crippen molar-refractivity contribution in [3.05, 3.63) is 0 Å². The van der Waals surface area contributed by atoms with Crippen molar-refractivity contribution in [2.24, 2.45) is 17.3 Å². The van der Waals surface area contributed by atoms with E-state index >= 15 is 0 Å². The summed E-state index contributed by atoms with van der Waals surface area (Å²) in [5.74, 6) is 1.63. The zero-order valence-electron chi connectivity index (χ0n) is 14.5.